The van der Waals surface area contributed by atoms with Crippen molar-refractivity contribution in [3.63, 3.8) is 0 Å². The third kappa shape index (κ3) is 2.63. The zero-order chi connectivity index (χ0) is 16.7. The molecule has 1 aromatic carbocycles. The van der Waals surface area contributed by atoms with Gasteiger partial charge in [0.25, 0.3) is 11.8 Å². The molecule has 0 radical (unpaired) electrons. The molecule has 0 saturated heterocycles. The van der Waals surface area contributed by atoms with Crippen LogP contribution in [-0.2, 0) is 11.3 Å². The Morgan fingerprint density at radius 2 is 1.75 bits per heavy atom. The molecule has 122 valence electrons. The lowest BCUT2D eigenvalue weighted by Gasteiger charge is -2.24. The molecule has 0 N–H and O–H groups in total. The number of benzene rings is 1. The summed E-state index contributed by atoms with van der Waals surface area (Å²) in [6.07, 6.45) is 1.97. The van der Waals surface area contributed by atoms with Crippen LogP contribution in [0.25, 0.3) is 0 Å². The van der Waals surface area contributed by atoms with Gasteiger partial charge in [-0.2, -0.15) is 0 Å². The van der Waals surface area contributed by atoms with E-state index >= 15 is 0 Å². The summed E-state index contributed by atoms with van der Waals surface area (Å²) in [5, 5.41) is 1.98. The lowest BCUT2D eigenvalue weighted by molar-refractivity contribution is -0.132. The largest absolute Gasteiger partial charge is 0.333 e. The van der Waals surface area contributed by atoms with E-state index in [9.17, 15) is 14.4 Å². The van der Waals surface area contributed by atoms with Crippen molar-refractivity contribution in [3.8, 4) is 0 Å². The van der Waals surface area contributed by atoms with E-state index in [1.54, 1.807) is 40.5 Å². The van der Waals surface area contributed by atoms with Gasteiger partial charge in [0.15, 0.2) is 0 Å². The van der Waals surface area contributed by atoms with Crippen LogP contribution in [0.4, 0.5) is 0 Å². The predicted molar refractivity (Wildman–Crippen MR) is 89.7 cm³/mol. The van der Waals surface area contributed by atoms with Gasteiger partial charge in [-0.1, -0.05) is 18.2 Å². The van der Waals surface area contributed by atoms with Crippen LogP contribution in [0, 0.1) is 0 Å². The van der Waals surface area contributed by atoms with E-state index < -0.39 is 0 Å². The van der Waals surface area contributed by atoms with Gasteiger partial charge < -0.3 is 4.90 Å². The summed E-state index contributed by atoms with van der Waals surface area (Å²) < 4.78 is 0. The maximum atomic E-state index is 12.7. The molecule has 6 heteroatoms. The number of rotatable bonds is 5. The zero-order valence-electron chi connectivity index (χ0n) is 13.0. The molecule has 5 nitrogen and oxygen atoms in total. The Morgan fingerprint density at radius 3 is 2.29 bits per heavy atom. The summed E-state index contributed by atoms with van der Waals surface area (Å²) in [5.74, 6) is -0.924. The van der Waals surface area contributed by atoms with Gasteiger partial charge in [-0.05, 0) is 36.4 Å². The molecule has 1 fully saturated rings. The fourth-order valence-electron chi connectivity index (χ4n) is 2.99. The van der Waals surface area contributed by atoms with Crippen LogP contribution in [0.15, 0.2) is 41.8 Å². The highest BCUT2D eigenvalue weighted by atomic mass is 32.1. The molecule has 1 aromatic heterocycles. The Labute approximate surface area is 143 Å². The van der Waals surface area contributed by atoms with Crippen LogP contribution >= 0.6 is 11.3 Å². The molecule has 24 heavy (non-hydrogen) atoms. The maximum Gasteiger partial charge on any atom is 0.262 e. The van der Waals surface area contributed by atoms with E-state index in [-0.39, 0.29) is 30.3 Å². The molecule has 1 aliphatic carbocycles. The first kappa shape index (κ1) is 15.1. The molecule has 0 unspecified atom stereocenters. The number of fused-ring (bicyclic) bond motifs is 1. The van der Waals surface area contributed by atoms with Crippen LogP contribution in [0.5, 0.6) is 0 Å². The molecule has 3 amide bonds. The van der Waals surface area contributed by atoms with Crippen molar-refractivity contribution in [2.75, 3.05) is 6.54 Å². The molecule has 0 atom stereocenters. The molecule has 0 bridgehead atoms. The SMILES string of the molecule is O=C1c2ccccc2C(=O)N1CC(=O)N(Cc1cccs1)C1CC1. The first-order valence-corrected chi connectivity index (χ1v) is 8.80. The van der Waals surface area contributed by atoms with Gasteiger partial charge in [0.05, 0.1) is 17.7 Å². The average molecular weight is 340 g/mol. The number of amides is 3. The van der Waals surface area contributed by atoms with Crippen LogP contribution < -0.4 is 0 Å². The Kier molecular flexibility index (Phi) is 3.69. The fraction of sp³-hybridized carbons (Fsp3) is 0.278. The molecule has 2 aliphatic rings. The Morgan fingerprint density at radius 1 is 1.08 bits per heavy atom. The molecule has 1 saturated carbocycles. The van der Waals surface area contributed by atoms with Gasteiger partial charge in [-0.15, -0.1) is 11.3 Å². The standard InChI is InChI=1S/C18H16N2O3S/c21-16(19(12-7-8-12)10-13-4-3-9-24-13)11-20-17(22)14-5-1-2-6-15(14)18(20)23/h1-6,9,12H,7-8,10-11H2. The Bertz CT molecular complexity index is 776. The molecular weight excluding hydrogens is 324 g/mol. The Balaban J connectivity index is 1.51. The smallest absolute Gasteiger partial charge is 0.262 e. The molecule has 1 aliphatic heterocycles. The highest BCUT2D eigenvalue weighted by Gasteiger charge is 2.39. The third-order valence-corrected chi connectivity index (χ3v) is 5.25. The van der Waals surface area contributed by atoms with Crippen molar-refractivity contribution in [3.05, 3.63) is 57.8 Å². The minimum atomic E-state index is -0.379. The van der Waals surface area contributed by atoms with Crippen molar-refractivity contribution in [2.45, 2.75) is 25.4 Å². The van der Waals surface area contributed by atoms with Crippen molar-refractivity contribution in [1.82, 2.24) is 9.80 Å². The summed E-state index contributed by atoms with van der Waals surface area (Å²) in [6, 6.07) is 10.9. The van der Waals surface area contributed by atoms with Gasteiger partial charge in [0.2, 0.25) is 5.91 Å². The minimum Gasteiger partial charge on any atom is -0.333 e. The summed E-state index contributed by atoms with van der Waals surface area (Å²) in [7, 11) is 0. The second-order valence-corrected chi connectivity index (χ2v) is 7.11. The van der Waals surface area contributed by atoms with Crippen molar-refractivity contribution in [1.29, 1.82) is 0 Å². The highest BCUT2D eigenvalue weighted by molar-refractivity contribution is 7.09. The lowest BCUT2D eigenvalue weighted by Crippen LogP contribution is -2.43. The number of hydrogen-bond donors (Lipinski definition) is 0. The summed E-state index contributed by atoms with van der Waals surface area (Å²) in [6.45, 7) is 0.360. The van der Waals surface area contributed by atoms with Crippen molar-refractivity contribution in [2.24, 2.45) is 0 Å². The minimum absolute atomic E-state index is 0.166. The van der Waals surface area contributed by atoms with E-state index in [0.29, 0.717) is 17.7 Å². The molecule has 0 spiro atoms. The van der Waals surface area contributed by atoms with Gasteiger partial charge in [0, 0.05) is 10.9 Å². The van der Waals surface area contributed by atoms with E-state index in [4.69, 9.17) is 0 Å². The number of hydrogen-bond acceptors (Lipinski definition) is 4. The van der Waals surface area contributed by atoms with Gasteiger partial charge in [-0.3, -0.25) is 19.3 Å². The number of nitrogens with zero attached hydrogens (tertiary/aromatic N) is 2. The lowest BCUT2D eigenvalue weighted by atomic mass is 10.1. The molecular formula is C18H16N2O3S. The number of carbonyl (C=O) groups excluding carboxylic acids is 3. The topological polar surface area (TPSA) is 57.7 Å². The maximum absolute atomic E-state index is 12.7. The summed E-state index contributed by atoms with van der Waals surface area (Å²) >= 11 is 1.61. The van der Waals surface area contributed by atoms with Gasteiger partial charge >= 0.3 is 0 Å². The number of thiophene rings is 1. The van der Waals surface area contributed by atoms with Crippen molar-refractivity contribution < 1.29 is 14.4 Å². The van der Waals surface area contributed by atoms with Crippen LogP contribution in [0.3, 0.4) is 0 Å². The summed E-state index contributed by atoms with van der Waals surface area (Å²) in [5.41, 5.74) is 0.762. The average Bonchev–Trinajstić information content (AvgIpc) is 3.25. The van der Waals surface area contributed by atoms with Crippen molar-refractivity contribution >= 4 is 29.1 Å². The monoisotopic (exact) mass is 340 g/mol. The summed E-state index contributed by atoms with van der Waals surface area (Å²) in [4.78, 5) is 41.5. The van der Waals surface area contributed by atoms with Crippen LogP contribution in [0.1, 0.15) is 38.4 Å². The molecule has 2 heterocycles. The second kappa shape index (κ2) is 5.87. The molecule has 2 aromatic rings. The van der Waals surface area contributed by atoms with E-state index in [1.807, 2.05) is 17.5 Å². The third-order valence-electron chi connectivity index (χ3n) is 4.39. The normalized spacial score (nSPS) is 16.4. The fourth-order valence-corrected chi connectivity index (χ4v) is 3.69. The predicted octanol–water partition coefficient (Wildman–Crippen LogP) is 2.54. The highest BCUT2D eigenvalue weighted by Crippen LogP contribution is 2.30. The van der Waals surface area contributed by atoms with E-state index in [1.165, 1.54) is 0 Å². The Hall–Kier alpha value is -2.47. The first-order chi connectivity index (χ1) is 11.6. The molecule has 4 rings (SSSR count). The number of carbonyl (C=O) groups is 3. The van der Waals surface area contributed by atoms with Gasteiger partial charge in [-0.25, -0.2) is 0 Å². The number of imide groups is 1. The van der Waals surface area contributed by atoms with Gasteiger partial charge in [0.1, 0.15) is 6.54 Å². The quantitative estimate of drug-likeness (QED) is 0.786. The van der Waals surface area contributed by atoms with Crippen LogP contribution in [-0.4, -0.2) is 40.1 Å². The van der Waals surface area contributed by atoms with E-state index in [2.05, 4.69) is 0 Å². The van der Waals surface area contributed by atoms with Crippen LogP contribution in [0.2, 0.25) is 0 Å². The first-order valence-electron chi connectivity index (χ1n) is 7.92. The second-order valence-electron chi connectivity index (χ2n) is 6.07. The zero-order valence-corrected chi connectivity index (χ0v) is 13.8. The van der Waals surface area contributed by atoms with E-state index in [0.717, 1.165) is 22.6 Å².